The first kappa shape index (κ1) is 17.3. The Hall–Kier alpha value is -2.48. The Morgan fingerprint density at radius 3 is 2.84 bits per heavy atom. The number of carbonyl (C=O) groups is 1. The number of rotatable bonds is 5. The zero-order valence-electron chi connectivity index (χ0n) is 14.1. The van der Waals surface area contributed by atoms with Crippen molar-refractivity contribution in [2.24, 2.45) is 0 Å². The van der Waals surface area contributed by atoms with Crippen molar-refractivity contribution in [1.29, 1.82) is 0 Å². The van der Waals surface area contributed by atoms with Gasteiger partial charge in [-0.15, -0.1) is 5.10 Å². The van der Waals surface area contributed by atoms with Crippen LogP contribution in [0.4, 0.5) is 4.39 Å². The quantitative estimate of drug-likeness (QED) is 0.515. The molecule has 0 bridgehead atoms. The number of aromatic nitrogens is 4. The second-order valence-corrected chi connectivity index (χ2v) is 6.31. The van der Waals surface area contributed by atoms with Crippen molar-refractivity contribution in [3.8, 4) is 0 Å². The molecule has 0 aliphatic rings. The van der Waals surface area contributed by atoms with Crippen LogP contribution in [0.5, 0.6) is 0 Å². The van der Waals surface area contributed by atoms with Gasteiger partial charge in [0.15, 0.2) is 0 Å². The molecule has 0 radical (unpaired) electrons. The Morgan fingerprint density at radius 2 is 2.12 bits per heavy atom. The van der Waals surface area contributed by atoms with Crippen LogP contribution in [0.2, 0.25) is 0 Å². The minimum atomic E-state index is -0.401. The average Bonchev–Trinajstić information content (AvgIpc) is 3.00. The molecular formula is C17H17FN4O2S. The van der Waals surface area contributed by atoms with E-state index >= 15 is 0 Å². The van der Waals surface area contributed by atoms with E-state index < -0.39 is 5.97 Å². The number of thioether (sulfide) groups is 1. The van der Waals surface area contributed by atoms with Gasteiger partial charge >= 0.3 is 5.97 Å². The van der Waals surface area contributed by atoms with E-state index in [0.717, 1.165) is 11.3 Å². The minimum absolute atomic E-state index is 0.0321. The van der Waals surface area contributed by atoms with Crippen LogP contribution in [-0.4, -0.2) is 31.8 Å². The van der Waals surface area contributed by atoms with E-state index in [2.05, 4.69) is 15.1 Å². The SMILES string of the molecule is CSc1nc2nc(C)c(CC(=O)OCc3cccc(F)c3)c(C)n2n1. The van der Waals surface area contributed by atoms with E-state index in [1.165, 1.54) is 23.9 Å². The van der Waals surface area contributed by atoms with Crippen LogP contribution in [0.1, 0.15) is 22.5 Å². The molecule has 1 aromatic carbocycles. The smallest absolute Gasteiger partial charge is 0.310 e. The molecule has 0 saturated carbocycles. The van der Waals surface area contributed by atoms with Gasteiger partial charge in [-0.2, -0.15) is 4.98 Å². The summed E-state index contributed by atoms with van der Waals surface area (Å²) in [6.45, 7) is 3.73. The molecule has 2 aromatic heterocycles. The lowest BCUT2D eigenvalue weighted by Crippen LogP contribution is -2.13. The number of carbonyl (C=O) groups excluding carboxylic acids is 1. The molecule has 3 aromatic rings. The van der Waals surface area contributed by atoms with Gasteiger partial charge in [0, 0.05) is 17.0 Å². The van der Waals surface area contributed by atoms with Crippen LogP contribution in [-0.2, 0) is 22.6 Å². The Bertz CT molecular complexity index is 942. The highest BCUT2D eigenvalue weighted by molar-refractivity contribution is 7.98. The molecule has 0 atom stereocenters. The molecule has 0 saturated heterocycles. The van der Waals surface area contributed by atoms with Crippen LogP contribution in [0.15, 0.2) is 29.4 Å². The third kappa shape index (κ3) is 3.79. The summed E-state index contributed by atoms with van der Waals surface area (Å²) in [6.07, 6.45) is 1.96. The van der Waals surface area contributed by atoms with Gasteiger partial charge in [-0.3, -0.25) is 4.79 Å². The summed E-state index contributed by atoms with van der Waals surface area (Å²) in [5.74, 6) is -0.247. The van der Waals surface area contributed by atoms with E-state index in [9.17, 15) is 9.18 Å². The summed E-state index contributed by atoms with van der Waals surface area (Å²) in [5, 5.41) is 4.98. The number of fused-ring (bicyclic) bond motifs is 1. The standard InChI is InChI=1S/C17H17FN4O2S/c1-10-14(11(2)22-16(19-10)20-17(21-22)25-3)8-15(23)24-9-12-5-4-6-13(18)7-12/h4-7H,8-9H2,1-3H3. The van der Waals surface area contributed by atoms with Gasteiger partial charge < -0.3 is 4.74 Å². The fourth-order valence-corrected chi connectivity index (χ4v) is 2.85. The first-order chi connectivity index (χ1) is 12.0. The lowest BCUT2D eigenvalue weighted by Gasteiger charge is -2.10. The summed E-state index contributed by atoms with van der Waals surface area (Å²) in [7, 11) is 0. The van der Waals surface area contributed by atoms with Gasteiger partial charge in [0.2, 0.25) is 5.16 Å². The summed E-state index contributed by atoms with van der Waals surface area (Å²) in [4.78, 5) is 20.9. The molecule has 0 spiro atoms. The van der Waals surface area contributed by atoms with Crippen LogP contribution in [0.25, 0.3) is 5.78 Å². The highest BCUT2D eigenvalue weighted by Gasteiger charge is 2.16. The number of ether oxygens (including phenoxy) is 1. The molecule has 25 heavy (non-hydrogen) atoms. The van der Waals surface area contributed by atoms with E-state index in [-0.39, 0.29) is 18.8 Å². The van der Waals surface area contributed by atoms with E-state index in [0.29, 0.717) is 22.2 Å². The van der Waals surface area contributed by atoms with Crippen molar-refractivity contribution in [2.45, 2.75) is 32.0 Å². The Kier molecular flexibility index (Phi) is 4.98. The van der Waals surface area contributed by atoms with Gasteiger partial charge in [-0.25, -0.2) is 13.9 Å². The minimum Gasteiger partial charge on any atom is -0.461 e. The van der Waals surface area contributed by atoms with Gasteiger partial charge in [-0.05, 0) is 37.8 Å². The van der Waals surface area contributed by atoms with Gasteiger partial charge in [-0.1, -0.05) is 23.9 Å². The molecule has 0 N–H and O–H groups in total. The van der Waals surface area contributed by atoms with Crippen molar-refractivity contribution in [3.05, 3.63) is 52.6 Å². The topological polar surface area (TPSA) is 69.4 Å². The fourth-order valence-electron chi connectivity index (χ4n) is 2.52. The number of halogens is 1. The molecule has 130 valence electrons. The number of benzene rings is 1. The third-order valence-electron chi connectivity index (χ3n) is 3.82. The lowest BCUT2D eigenvalue weighted by molar-refractivity contribution is -0.144. The van der Waals surface area contributed by atoms with E-state index in [1.54, 1.807) is 16.6 Å². The van der Waals surface area contributed by atoms with Crippen molar-refractivity contribution >= 4 is 23.5 Å². The highest BCUT2D eigenvalue weighted by Crippen LogP contribution is 2.17. The zero-order chi connectivity index (χ0) is 18.0. The summed E-state index contributed by atoms with van der Waals surface area (Å²) >= 11 is 1.43. The highest BCUT2D eigenvalue weighted by atomic mass is 32.2. The van der Waals surface area contributed by atoms with Crippen LogP contribution in [0, 0.1) is 19.7 Å². The molecule has 0 unspecified atom stereocenters. The second-order valence-electron chi connectivity index (χ2n) is 5.54. The molecular weight excluding hydrogens is 343 g/mol. The Balaban J connectivity index is 1.76. The molecule has 0 fully saturated rings. The monoisotopic (exact) mass is 360 g/mol. The molecule has 3 rings (SSSR count). The Morgan fingerprint density at radius 1 is 1.32 bits per heavy atom. The van der Waals surface area contributed by atoms with Crippen molar-refractivity contribution in [1.82, 2.24) is 19.6 Å². The second kappa shape index (κ2) is 7.18. The first-order valence-corrected chi connectivity index (χ1v) is 8.87. The molecule has 2 heterocycles. The number of hydrogen-bond acceptors (Lipinski definition) is 6. The molecule has 6 nitrogen and oxygen atoms in total. The van der Waals surface area contributed by atoms with E-state index in [4.69, 9.17) is 4.74 Å². The first-order valence-electron chi connectivity index (χ1n) is 7.65. The zero-order valence-corrected chi connectivity index (χ0v) is 14.9. The van der Waals surface area contributed by atoms with E-state index in [1.807, 2.05) is 20.1 Å². The van der Waals surface area contributed by atoms with Crippen molar-refractivity contribution in [3.63, 3.8) is 0 Å². The van der Waals surface area contributed by atoms with Crippen LogP contribution in [0.3, 0.4) is 0 Å². The maximum atomic E-state index is 13.2. The molecule has 0 aliphatic carbocycles. The summed E-state index contributed by atoms with van der Waals surface area (Å²) < 4.78 is 20.0. The van der Waals surface area contributed by atoms with Crippen LogP contribution >= 0.6 is 11.8 Å². The average molecular weight is 360 g/mol. The normalized spacial score (nSPS) is 11.0. The maximum Gasteiger partial charge on any atom is 0.310 e. The molecule has 8 heteroatoms. The van der Waals surface area contributed by atoms with Gasteiger partial charge in [0.1, 0.15) is 12.4 Å². The number of hydrogen-bond donors (Lipinski definition) is 0. The number of aryl methyl sites for hydroxylation is 2. The fraction of sp³-hybridized carbons (Fsp3) is 0.294. The van der Waals surface area contributed by atoms with Gasteiger partial charge in [0.05, 0.1) is 6.42 Å². The summed E-state index contributed by atoms with van der Waals surface area (Å²) in [6, 6.07) is 5.98. The summed E-state index contributed by atoms with van der Waals surface area (Å²) in [5.41, 5.74) is 2.89. The third-order valence-corrected chi connectivity index (χ3v) is 4.36. The van der Waals surface area contributed by atoms with Crippen molar-refractivity contribution in [2.75, 3.05) is 6.26 Å². The van der Waals surface area contributed by atoms with Gasteiger partial charge in [0.25, 0.3) is 5.78 Å². The maximum absolute atomic E-state index is 13.2. The number of esters is 1. The number of nitrogens with zero attached hydrogens (tertiary/aromatic N) is 4. The predicted molar refractivity (Wildman–Crippen MR) is 91.9 cm³/mol. The lowest BCUT2D eigenvalue weighted by atomic mass is 10.1. The van der Waals surface area contributed by atoms with Crippen molar-refractivity contribution < 1.29 is 13.9 Å². The molecule has 0 amide bonds. The predicted octanol–water partition coefficient (Wildman–Crippen LogP) is 2.89. The Labute approximate surface area is 148 Å². The largest absolute Gasteiger partial charge is 0.461 e. The van der Waals surface area contributed by atoms with Crippen LogP contribution < -0.4 is 0 Å². The molecule has 0 aliphatic heterocycles.